The Labute approximate surface area is 169 Å². The minimum absolute atomic E-state index is 0.0121. The smallest absolute Gasteiger partial charge is 0.263 e. The van der Waals surface area contributed by atoms with Crippen LogP contribution in [0.15, 0.2) is 24.3 Å². The summed E-state index contributed by atoms with van der Waals surface area (Å²) in [5.74, 6) is 1.23. The van der Waals surface area contributed by atoms with E-state index in [-0.39, 0.29) is 23.3 Å². The molecule has 1 N–H and O–H groups in total. The molecule has 5 heteroatoms. The van der Waals surface area contributed by atoms with Crippen molar-refractivity contribution >= 4 is 11.8 Å². The number of likely N-dealkylation sites (tertiary alicyclic amines) is 1. The van der Waals surface area contributed by atoms with Gasteiger partial charge >= 0.3 is 0 Å². The van der Waals surface area contributed by atoms with Crippen LogP contribution in [0.25, 0.3) is 0 Å². The molecule has 0 saturated carbocycles. The van der Waals surface area contributed by atoms with Gasteiger partial charge in [0.2, 0.25) is 5.91 Å². The van der Waals surface area contributed by atoms with E-state index < -0.39 is 6.10 Å². The lowest BCUT2D eigenvalue weighted by Crippen LogP contribution is -2.49. The van der Waals surface area contributed by atoms with Crippen LogP contribution in [0.1, 0.15) is 72.3 Å². The molecule has 1 fully saturated rings. The zero-order valence-corrected chi connectivity index (χ0v) is 18.2. The number of rotatable bonds is 6. The van der Waals surface area contributed by atoms with Crippen molar-refractivity contribution in [2.45, 2.75) is 78.9 Å². The highest BCUT2D eigenvalue weighted by Crippen LogP contribution is 2.27. The zero-order valence-electron chi connectivity index (χ0n) is 18.2. The number of carbonyl (C=O) groups excluding carboxylic acids is 2. The minimum Gasteiger partial charge on any atom is -0.481 e. The quantitative estimate of drug-likeness (QED) is 0.797. The molecule has 0 aliphatic carbocycles. The van der Waals surface area contributed by atoms with E-state index in [1.807, 2.05) is 36.1 Å². The van der Waals surface area contributed by atoms with E-state index >= 15 is 0 Å². The Morgan fingerprint density at radius 1 is 1.14 bits per heavy atom. The molecule has 1 aliphatic rings. The molecule has 1 saturated heterocycles. The van der Waals surface area contributed by atoms with Crippen LogP contribution < -0.4 is 10.1 Å². The second-order valence-electron chi connectivity index (χ2n) is 9.36. The summed E-state index contributed by atoms with van der Waals surface area (Å²) in [4.78, 5) is 26.8. The fourth-order valence-electron chi connectivity index (χ4n) is 3.57. The summed E-state index contributed by atoms with van der Waals surface area (Å²) in [6, 6.07) is 8.05. The second-order valence-corrected chi connectivity index (χ2v) is 9.36. The van der Waals surface area contributed by atoms with Gasteiger partial charge < -0.3 is 15.0 Å². The summed E-state index contributed by atoms with van der Waals surface area (Å²) >= 11 is 0. The molecule has 0 aromatic heterocycles. The summed E-state index contributed by atoms with van der Waals surface area (Å²) in [6.45, 7) is 13.5. The monoisotopic (exact) mass is 388 g/mol. The van der Waals surface area contributed by atoms with Crippen molar-refractivity contribution < 1.29 is 14.3 Å². The second kappa shape index (κ2) is 9.44. The molecule has 1 aromatic carbocycles. The van der Waals surface area contributed by atoms with Gasteiger partial charge in [-0.3, -0.25) is 9.59 Å². The topological polar surface area (TPSA) is 58.6 Å². The number of amides is 2. The van der Waals surface area contributed by atoms with Crippen LogP contribution in [0, 0.1) is 5.41 Å². The van der Waals surface area contributed by atoms with Gasteiger partial charge in [0.25, 0.3) is 5.91 Å². The maximum absolute atomic E-state index is 12.8. The first-order chi connectivity index (χ1) is 13.1. The van der Waals surface area contributed by atoms with E-state index in [2.05, 4.69) is 39.9 Å². The van der Waals surface area contributed by atoms with Gasteiger partial charge in [-0.1, -0.05) is 52.8 Å². The normalized spacial score (nSPS) is 16.8. The molecular formula is C23H36N2O3. The third-order valence-corrected chi connectivity index (χ3v) is 5.06. The Morgan fingerprint density at radius 2 is 1.75 bits per heavy atom. The minimum atomic E-state index is -0.521. The van der Waals surface area contributed by atoms with Crippen molar-refractivity contribution in [2.24, 2.45) is 5.41 Å². The maximum Gasteiger partial charge on any atom is 0.263 e. The Kier molecular flexibility index (Phi) is 7.50. The predicted molar refractivity (Wildman–Crippen MR) is 112 cm³/mol. The van der Waals surface area contributed by atoms with Crippen LogP contribution in [0.5, 0.6) is 5.75 Å². The van der Waals surface area contributed by atoms with Gasteiger partial charge in [0.15, 0.2) is 6.10 Å². The average Bonchev–Trinajstić information content (AvgIpc) is 2.60. The van der Waals surface area contributed by atoms with E-state index in [4.69, 9.17) is 4.74 Å². The highest BCUT2D eigenvalue weighted by molar-refractivity contribution is 5.81. The molecule has 0 bridgehead atoms. The summed E-state index contributed by atoms with van der Waals surface area (Å²) in [7, 11) is 0. The molecule has 28 heavy (non-hydrogen) atoms. The molecule has 5 nitrogen and oxygen atoms in total. The first kappa shape index (κ1) is 22.3. The molecule has 156 valence electrons. The zero-order chi connectivity index (χ0) is 20.9. The highest BCUT2D eigenvalue weighted by Gasteiger charge is 2.28. The molecule has 2 rings (SSSR count). The first-order valence-electron chi connectivity index (χ1n) is 10.4. The Bertz CT molecular complexity index is 671. The maximum atomic E-state index is 12.8. The standard InChI is InChI=1S/C23H36N2O3/c1-16(2)19-9-7-8-10-20(19)28-17(3)22(27)25-13-11-18(12-14-25)24-21(26)15-23(4,5)6/h7-10,16-18H,11-15H2,1-6H3,(H,24,26). The van der Waals surface area contributed by atoms with Gasteiger partial charge in [0.05, 0.1) is 0 Å². The van der Waals surface area contributed by atoms with Crippen LogP contribution in [-0.4, -0.2) is 41.9 Å². The van der Waals surface area contributed by atoms with Crippen LogP contribution in [0.3, 0.4) is 0 Å². The summed E-state index contributed by atoms with van der Waals surface area (Å²) in [5, 5.41) is 3.12. The fourth-order valence-corrected chi connectivity index (χ4v) is 3.57. The number of ether oxygens (including phenoxy) is 1. The van der Waals surface area contributed by atoms with Gasteiger partial charge in [-0.15, -0.1) is 0 Å². The van der Waals surface area contributed by atoms with E-state index in [9.17, 15) is 9.59 Å². The number of hydrogen-bond acceptors (Lipinski definition) is 3. The van der Waals surface area contributed by atoms with Gasteiger partial charge in [0.1, 0.15) is 5.75 Å². The third kappa shape index (κ3) is 6.54. The van der Waals surface area contributed by atoms with Crippen molar-refractivity contribution in [1.82, 2.24) is 10.2 Å². The predicted octanol–water partition coefficient (Wildman–Crippen LogP) is 4.12. The van der Waals surface area contributed by atoms with E-state index in [0.29, 0.717) is 25.4 Å². The third-order valence-electron chi connectivity index (χ3n) is 5.06. The van der Waals surface area contributed by atoms with Crippen molar-refractivity contribution in [3.05, 3.63) is 29.8 Å². The Morgan fingerprint density at radius 3 is 2.32 bits per heavy atom. The van der Waals surface area contributed by atoms with Crippen LogP contribution in [0.4, 0.5) is 0 Å². The largest absolute Gasteiger partial charge is 0.481 e. The lowest BCUT2D eigenvalue weighted by Gasteiger charge is -2.34. The molecule has 1 aromatic rings. The molecule has 2 amide bonds. The van der Waals surface area contributed by atoms with Crippen LogP contribution in [-0.2, 0) is 9.59 Å². The summed E-state index contributed by atoms with van der Waals surface area (Å²) in [6.07, 6.45) is 1.58. The molecule has 1 aliphatic heterocycles. The SMILES string of the molecule is CC(Oc1ccccc1C(C)C)C(=O)N1CCC(NC(=O)CC(C)(C)C)CC1. The van der Waals surface area contributed by atoms with Gasteiger partial charge in [-0.25, -0.2) is 0 Å². The number of para-hydroxylation sites is 1. The van der Waals surface area contributed by atoms with Crippen molar-refractivity contribution in [3.8, 4) is 5.75 Å². The number of nitrogens with one attached hydrogen (secondary N) is 1. The van der Waals surface area contributed by atoms with Crippen LogP contribution >= 0.6 is 0 Å². The number of nitrogens with zero attached hydrogens (tertiary/aromatic N) is 1. The summed E-state index contributed by atoms with van der Waals surface area (Å²) in [5.41, 5.74) is 1.10. The first-order valence-corrected chi connectivity index (χ1v) is 10.4. The number of hydrogen-bond donors (Lipinski definition) is 1. The molecule has 1 unspecified atom stereocenters. The molecule has 1 atom stereocenters. The Balaban J connectivity index is 1.85. The van der Waals surface area contributed by atoms with Crippen molar-refractivity contribution in [2.75, 3.05) is 13.1 Å². The van der Waals surface area contributed by atoms with Crippen LogP contribution in [0.2, 0.25) is 0 Å². The van der Waals surface area contributed by atoms with Gasteiger partial charge in [0, 0.05) is 25.6 Å². The lowest BCUT2D eigenvalue weighted by atomic mass is 9.91. The molecule has 1 heterocycles. The number of benzene rings is 1. The van der Waals surface area contributed by atoms with Gasteiger partial charge in [-0.05, 0) is 42.7 Å². The van der Waals surface area contributed by atoms with E-state index in [0.717, 1.165) is 24.2 Å². The molecular weight excluding hydrogens is 352 g/mol. The van der Waals surface area contributed by atoms with Crippen molar-refractivity contribution in [1.29, 1.82) is 0 Å². The van der Waals surface area contributed by atoms with E-state index in [1.54, 1.807) is 0 Å². The average molecular weight is 389 g/mol. The molecule has 0 radical (unpaired) electrons. The van der Waals surface area contributed by atoms with Crippen molar-refractivity contribution in [3.63, 3.8) is 0 Å². The lowest BCUT2D eigenvalue weighted by molar-refractivity contribution is -0.139. The van der Waals surface area contributed by atoms with E-state index in [1.165, 1.54) is 0 Å². The fraction of sp³-hybridized carbons (Fsp3) is 0.652. The number of carbonyl (C=O) groups is 2. The van der Waals surface area contributed by atoms with Gasteiger partial charge in [-0.2, -0.15) is 0 Å². The Hall–Kier alpha value is -2.04. The highest BCUT2D eigenvalue weighted by atomic mass is 16.5. The number of piperidine rings is 1. The molecule has 0 spiro atoms. The summed E-state index contributed by atoms with van der Waals surface area (Å²) < 4.78 is 6.01.